The molecule has 3 heterocycles. The zero-order valence-corrected chi connectivity index (χ0v) is 17.0. The van der Waals surface area contributed by atoms with Crippen molar-refractivity contribution in [2.24, 2.45) is 0 Å². The number of halogens is 2. The summed E-state index contributed by atoms with van der Waals surface area (Å²) < 4.78 is 6.29. The summed E-state index contributed by atoms with van der Waals surface area (Å²) in [6, 6.07) is 6.15. The van der Waals surface area contributed by atoms with Crippen molar-refractivity contribution in [2.75, 3.05) is 31.1 Å². The molecule has 0 N–H and O–H groups in total. The molecule has 1 aliphatic rings. The van der Waals surface area contributed by atoms with Gasteiger partial charge in [0.25, 0.3) is 0 Å². The summed E-state index contributed by atoms with van der Waals surface area (Å²) in [5.41, 5.74) is 2.00. The first-order chi connectivity index (χ1) is 12.5. The molecule has 0 saturated carbocycles. The van der Waals surface area contributed by atoms with E-state index in [-0.39, 0.29) is 6.04 Å². The lowest BCUT2D eigenvalue weighted by molar-refractivity contribution is 0.164. The van der Waals surface area contributed by atoms with E-state index in [0.717, 1.165) is 41.6 Å². The topological polar surface area (TPSA) is 58.3 Å². The predicted molar refractivity (Wildman–Crippen MR) is 106 cm³/mol. The molecule has 6 nitrogen and oxygen atoms in total. The molecule has 0 spiro atoms. The number of aryl methyl sites for hydroxylation is 1. The van der Waals surface area contributed by atoms with Crippen molar-refractivity contribution in [1.29, 1.82) is 0 Å². The molecule has 1 aliphatic heterocycles. The number of benzene rings is 1. The van der Waals surface area contributed by atoms with E-state index < -0.39 is 0 Å². The molecule has 1 fully saturated rings. The van der Waals surface area contributed by atoms with Crippen LogP contribution in [0.5, 0.6) is 0 Å². The fourth-order valence-electron chi connectivity index (χ4n) is 3.43. The number of piperazine rings is 1. The maximum Gasteiger partial charge on any atom is 0.243 e. The first-order valence-electron chi connectivity index (χ1n) is 8.56. The van der Waals surface area contributed by atoms with Crippen LogP contribution in [-0.2, 0) is 0 Å². The van der Waals surface area contributed by atoms with E-state index in [4.69, 9.17) is 16.1 Å². The highest BCUT2D eigenvalue weighted by Gasteiger charge is 2.26. The maximum atomic E-state index is 6.37. The SMILES string of the molecule is Cc1noc(C(C)N2CCN(c3ccnc4c(Cl)cc(Br)cc34)CC2)n1. The van der Waals surface area contributed by atoms with Gasteiger partial charge < -0.3 is 9.42 Å². The van der Waals surface area contributed by atoms with Gasteiger partial charge in [-0.25, -0.2) is 0 Å². The molecule has 2 aromatic heterocycles. The fourth-order valence-corrected chi connectivity index (χ4v) is 4.29. The molecule has 1 saturated heterocycles. The molecule has 0 bridgehead atoms. The molecule has 0 amide bonds. The van der Waals surface area contributed by atoms with Gasteiger partial charge in [0, 0.05) is 47.9 Å². The minimum atomic E-state index is 0.121. The Bertz CT molecular complexity index is 938. The van der Waals surface area contributed by atoms with E-state index in [1.807, 2.05) is 19.2 Å². The second-order valence-electron chi connectivity index (χ2n) is 6.49. The lowest BCUT2D eigenvalue weighted by Crippen LogP contribution is -2.47. The molecular formula is C18H19BrClN5O. The summed E-state index contributed by atoms with van der Waals surface area (Å²) in [7, 11) is 0. The number of pyridine rings is 1. The first kappa shape index (κ1) is 17.7. The molecule has 1 aromatic carbocycles. The molecule has 8 heteroatoms. The zero-order valence-electron chi connectivity index (χ0n) is 14.6. The van der Waals surface area contributed by atoms with E-state index in [0.29, 0.717) is 16.7 Å². The van der Waals surface area contributed by atoms with Crippen LogP contribution in [0.25, 0.3) is 10.9 Å². The molecule has 1 atom stereocenters. The number of hydrogen-bond donors (Lipinski definition) is 0. The van der Waals surface area contributed by atoms with Crippen LogP contribution >= 0.6 is 27.5 Å². The van der Waals surface area contributed by atoms with Gasteiger partial charge in [0.05, 0.1) is 16.6 Å². The van der Waals surface area contributed by atoms with Crippen molar-refractivity contribution in [1.82, 2.24) is 20.0 Å². The average molecular weight is 437 g/mol. The van der Waals surface area contributed by atoms with Crippen molar-refractivity contribution in [3.63, 3.8) is 0 Å². The molecular weight excluding hydrogens is 418 g/mol. The Kier molecular flexibility index (Phi) is 4.86. The van der Waals surface area contributed by atoms with Crippen LogP contribution in [0, 0.1) is 6.92 Å². The third kappa shape index (κ3) is 3.31. The monoisotopic (exact) mass is 435 g/mol. The number of nitrogens with zero attached hydrogens (tertiary/aromatic N) is 5. The minimum Gasteiger partial charge on any atom is -0.368 e. The Balaban J connectivity index is 1.54. The minimum absolute atomic E-state index is 0.121. The summed E-state index contributed by atoms with van der Waals surface area (Å²) in [4.78, 5) is 13.6. The smallest absolute Gasteiger partial charge is 0.243 e. The third-order valence-electron chi connectivity index (χ3n) is 4.84. The number of anilines is 1. The summed E-state index contributed by atoms with van der Waals surface area (Å²) in [6.45, 7) is 7.64. The highest BCUT2D eigenvalue weighted by molar-refractivity contribution is 9.10. The van der Waals surface area contributed by atoms with Crippen molar-refractivity contribution in [3.8, 4) is 0 Å². The average Bonchev–Trinajstić information content (AvgIpc) is 3.07. The van der Waals surface area contributed by atoms with Gasteiger partial charge in [-0.05, 0) is 32.0 Å². The van der Waals surface area contributed by atoms with E-state index in [2.05, 4.69) is 59.9 Å². The second-order valence-corrected chi connectivity index (χ2v) is 7.82. The summed E-state index contributed by atoms with van der Waals surface area (Å²) in [5.74, 6) is 1.36. The molecule has 1 unspecified atom stereocenters. The highest BCUT2D eigenvalue weighted by atomic mass is 79.9. The second kappa shape index (κ2) is 7.13. The summed E-state index contributed by atoms with van der Waals surface area (Å²) >= 11 is 9.90. The Labute approximate surface area is 165 Å². The van der Waals surface area contributed by atoms with E-state index in [1.54, 1.807) is 0 Å². The van der Waals surface area contributed by atoms with Gasteiger partial charge in [0.2, 0.25) is 5.89 Å². The standard InChI is InChI=1S/C18H19BrClN5O/c1-11(18-22-12(2)23-26-18)24-5-7-25(8-6-24)16-3-4-21-17-14(16)9-13(19)10-15(17)20/h3-4,9-11H,5-8H2,1-2H3. The maximum absolute atomic E-state index is 6.37. The normalized spacial score (nSPS) is 17.0. The van der Waals surface area contributed by atoms with Crippen molar-refractivity contribution >= 4 is 44.1 Å². The van der Waals surface area contributed by atoms with Crippen LogP contribution in [-0.4, -0.2) is 46.2 Å². The molecule has 3 aromatic rings. The first-order valence-corrected chi connectivity index (χ1v) is 9.73. The van der Waals surface area contributed by atoms with Crippen molar-refractivity contribution < 1.29 is 4.52 Å². The number of aromatic nitrogens is 3. The van der Waals surface area contributed by atoms with Crippen LogP contribution in [0.1, 0.15) is 24.7 Å². The Hall–Kier alpha value is -1.70. The Morgan fingerprint density at radius 3 is 2.69 bits per heavy atom. The van der Waals surface area contributed by atoms with E-state index in [1.165, 1.54) is 5.69 Å². The van der Waals surface area contributed by atoms with Crippen LogP contribution < -0.4 is 4.90 Å². The van der Waals surface area contributed by atoms with Gasteiger partial charge in [-0.2, -0.15) is 4.98 Å². The van der Waals surface area contributed by atoms with Crippen LogP contribution in [0.15, 0.2) is 33.4 Å². The number of hydrogen-bond acceptors (Lipinski definition) is 6. The van der Waals surface area contributed by atoms with Gasteiger partial charge in [0.1, 0.15) is 0 Å². The Morgan fingerprint density at radius 2 is 2.00 bits per heavy atom. The summed E-state index contributed by atoms with van der Waals surface area (Å²) in [5, 5.41) is 5.63. The molecule has 0 aliphatic carbocycles. The number of rotatable bonds is 3. The van der Waals surface area contributed by atoms with Gasteiger partial charge in [-0.15, -0.1) is 0 Å². The van der Waals surface area contributed by atoms with Gasteiger partial charge in [-0.1, -0.05) is 32.7 Å². The van der Waals surface area contributed by atoms with E-state index >= 15 is 0 Å². The van der Waals surface area contributed by atoms with Gasteiger partial charge in [-0.3, -0.25) is 9.88 Å². The molecule has 136 valence electrons. The summed E-state index contributed by atoms with van der Waals surface area (Å²) in [6.07, 6.45) is 1.83. The fraction of sp³-hybridized carbons (Fsp3) is 0.389. The zero-order chi connectivity index (χ0) is 18.3. The molecule has 26 heavy (non-hydrogen) atoms. The lowest BCUT2D eigenvalue weighted by atomic mass is 10.1. The largest absolute Gasteiger partial charge is 0.368 e. The highest BCUT2D eigenvalue weighted by Crippen LogP contribution is 2.33. The number of fused-ring (bicyclic) bond motifs is 1. The van der Waals surface area contributed by atoms with Crippen molar-refractivity contribution in [3.05, 3.63) is 45.6 Å². The molecule has 4 rings (SSSR count). The van der Waals surface area contributed by atoms with E-state index in [9.17, 15) is 0 Å². The van der Waals surface area contributed by atoms with Gasteiger partial charge >= 0.3 is 0 Å². The van der Waals surface area contributed by atoms with Crippen LogP contribution in [0.3, 0.4) is 0 Å². The Morgan fingerprint density at radius 1 is 1.23 bits per heavy atom. The van der Waals surface area contributed by atoms with Gasteiger partial charge in [0.15, 0.2) is 5.82 Å². The molecule has 0 radical (unpaired) electrons. The predicted octanol–water partition coefficient (Wildman–Crippen LogP) is 4.23. The quantitative estimate of drug-likeness (QED) is 0.612. The van der Waals surface area contributed by atoms with Crippen molar-refractivity contribution in [2.45, 2.75) is 19.9 Å². The van der Waals surface area contributed by atoms with Crippen LogP contribution in [0.4, 0.5) is 5.69 Å². The van der Waals surface area contributed by atoms with Crippen LogP contribution in [0.2, 0.25) is 5.02 Å². The lowest BCUT2D eigenvalue weighted by Gasteiger charge is -2.38. The third-order valence-corrected chi connectivity index (χ3v) is 5.59.